The van der Waals surface area contributed by atoms with Crippen molar-refractivity contribution in [1.82, 2.24) is 0 Å². The Balaban J connectivity index is 2.18. The van der Waals surface area contributed by atoms with Gasteiger partial charge >= 0.3 is 0 Å². The lowest BCUT2D eigenvalue weighted by Crippen LogP contribution is -2.02. The minimum atomic E-state index is -0.152. The van der Waals surface area contributed by atoms with Crippen molar-refractivity contribution >= 4 is 44.9 Å². The van der Waals surface area contributed by atoms with Gasteiger partial charge in [-0.1, -0.05) is 33.6 Å². The highest BCUT2D eigenvalue weighted by molar-refractivity contribution is 9.10. The van der Waals surface area contributed by atoms with E-state index in [0.29, 0.717) is 5.02 Å². The molecule has 0 aliphatic heterocycles. The van der Waals surface area contributed by atoms with Crippen LogP contribution in [0.15, 0.2) is 39.2 Å². The number of halogens is 3. The molecule has 0 atom stereocenters. The van der Waals surface area contributed by atoms with Crippen LogP contribution in [0.4, 0.5) is 0 Å². The molecule has 2 nitrogen and oxygen atoms in total. The maximum atomic E-state index is 11.8. The Bertz CT molecular complexity index is 563. The molecule has 0 amide bonds. The van der Waals surface area contributed by atoms with E-state index in [0.717, 1.165) is 10.0 Å². The van der Waals surface area contributed by atoms with Crippen LogP contribution in [0.5, 0.6) is 0 Å². The van der Waals surface area contributed by atoms with Crippen molar-refractivity contribution in [2.24, 2.45) is 0 Å². The van der Waals surface area contributed by atoms with Crippen LogP contribution in [0.1, 0.15) is 16.1 Å². The number of Topliss-reactive ketones (excluding diaryl/α,β-unsaturated/α-hetero) is 1. The van der Waals surface area contributed by atoms with Gasteiger partial charge in [-0.15, -0.1) is 0 Å². The van der Waals surface area contributed by atoms with Crippen molar-refractivity contribution in [2.75, 3.05) is 0 Å². The number of carbonyl (C=O) groups excluding carboxylic acids is 1. The SMILES string of the molecule is O=C(Cc1ccc(Br)cc1Cl)c1ccc(Cl)o1. The quantitative estimate of drug-likeness (QED) is 0.757. The third kappa shape index (κ3) is 3.12. The van der Waals surface area contributed by atoms with E-state index in [1.54, 1.807) is 18.2 Å². The van der Waals surface area contributed by atoms with Gasteiger partial charge in [0.15, 0.2) is 11.0 Å². The second-order valence-electron chi connectivity index (χ2n) is 3.44. The molecule has 0 N–H and O–H groups in total. The lowest BCUT2D eigenvalue weighted by atomic mass is 10.1. The summed E-state index contributed by atoms with van der Waals surface area (Å²) in [6, 6.07) is 8.48. The van der Waals surface area contributed by atoms with Gasteiger partial charge in [-0.2, -0.15) is 0 Å². The number of carbonyl (C=O) groups is 1. The molecule has 0 bridgehead atoms. The molecule has 0 unspecified atom stereocenters. The molecule has 5 heteroatoms. The molecule has 88 valence electrons. The van der Waals surface area contributed by atoms with Gasteiger partial charge in [0.25, 0.3) is 0 Å². The molecular formula is C12H7BrCl2O2. The minimum absolute atomic E-state index is 0.152. The Hall–Kier alpha value is -0.770. The van der Waals surface area contributed by atoms with Crippen LogP contribution >= 0.6 is 39.1 Å². The van der Waals surface area contributed by atoms with Gasteiger partial charge in [0.1, 0.15) is 0 Å². The maximum absolute atomic E-state index is 11.8. The number of rotatable bonds is 3. The fourth-order valence-electron chi connectivity index (χ4n) is 1.39. The highest BCUT2D eigenvalue weighted by atomic mass is 79.9. The molecule has 0 aliphatic carbocycles. The first-order chi connectivity index (χ1) is 8.06. The zero-order valence-electron chi connectivity index (χ0n) is 8.54. The molecule has 0 saturated heterocycles. The highest BCUT2D eigenvalue weighted by Gasteiger charge is 2.13. The van der Waals surface area contributed by atoms with E-state index in [4.69, 9.17) is 27.6 Å². The van der Waals surface area contributed by atoms with Gasteiger partial charge in [0, 0.05) is 15.9 Å². The molecule has 1 aromatic heterocycles. The minimum Gasteiger partial charge on any atom is -0.442 e. The zero-order valence-corrected chi connectivity index (χ0v) is 11.6. The molecule has 0 fully saturated rings. The zero-order chi connectivity index (χ0) is 12.4. The first kappa shape index (κ1) is 12.7. The highest BCUT2D eigenvalue weighted by Crippen LogP contribution is 2.23. The Labute approximate surface area is 117 Å². The van der Waals surface area contributed by atoms with Gasteiger partial charge in [-0.25, -0.2) is 0 Å². The van der Waals surface area contributed by atoms with Gasteiger partial charge in [-0.05, 0) is 41.4 Å². The first-order valence-electron chi connectivity index (χ1n) is 4.79. The van der Waals surface area contributed by atoms with E-state index < -0.39 is 0 Å². The van der Waals surface area contributed by atoms with Crippen molar-refractivity contribution in [3.63, 3.8) is 0 Å². The third-order valence-corrected chi connectivity index (χ3v) is 3.26. The fourth-order valence-corrected chi connectivity index (χ4v) is 2.28. The largest absolute Gasteiger partial charge is 0.442 e. The van der Waals surface area contributed by atoms with Crippen molar-refractivity contribution < 1.29 is 9.21 Å². The summed E-state index contributed by atoms with van der Waals surface area (Å²) < 4.78 is 5.92. The van der Waals surface area contributed by atoms with Gasteiger partial charge in [0.05, 0.1) is 0 Å². The fraction of sp³-hybridized carbons (Fsp3) is 0.0833. The van der Waals surface area contributed by atoms with Crippen LogP contribution in [0.2, 0.25) is 10.2 Å². The Kier molecular flexibility index (Phi) is 3.92. The molecular weight excluding hydrogens is 327 g/mol. The summed E-state index contributed by atoms with van der Waals surface area (Å²) in [5.41, 5.74) is 0.757. The summed E-state index contributed by atoms with van der Waals surface area (Å²) in [7, 11) is 0. The van der Waals surface area contributed by atoms with E-state index in [1.165, 1.54) is 6.07 Å². The summed E-state index contributed by atoms with van der Waals surface area (Å²) in [5, 5.41) is 0.751. The second kappa shape index (κ2) is 5.25. The predicted molar refractivity (Wildman–Crippen MR) is 70.9 cm³/mol. The first-order valence-corrected chi connectivity index (χ1v) is 6.33. The molecule has 1 aromatic carbocycles. The van der Waals surface area contributed by atoms with Crippen LogP contribution in [-0.4, -0.2) is 5.78 Å². The second-order valence-corrected chi connectivity index (χ2v) is 5.13. The van der Waals surface area contributed by atoms with E-state index in [2.05, 4.69) is 15.9 Å². The molecule has 0 spiro atoms. The van der Waals surface area contributed by atoms with Crippen molar-refractivity contribution in [3.8, 4) is 0 Å². The summed E-state index contributed by atoms with van der Waals surface area (Å²) in [6.45, 7) is 0. The Morgan fingerprint density at radius 3 is 2.59 bits per heavy atom. The number of hydrogen-bond acceptors (Lipinski definition) is 2. The molecule has 1 heterocycles. The Morgan fingerprint density at radius 2 is 2.00 bits per heavy atom. The van der Waals surface area contributed by atoms with E-state index >= 15 is 0 Å². The molecule has 0 radical (unpaired) electrons. The number of hydrogen-bond donors (Lipinski definition) is 0. The number of furan rings is 1. The average molecular weight is 334 g/mol. The standard InChI is InChI=1S/C12H7BrCl2O2/c13-8-2-1-7(9(14)6-8)5-10(16)11-3-4-12(15)17-11/h1-4,6H,5H2. The summed E-state index contributed by atoms with van der Waals surface area (Å²) in [4.78, 5) is 11.8. The van der Waals surface area contributed by atoms with Gasteiger partial charge in [-0.3, -0.25) is 4.79 Å². The van der Waals surface area contributed by atoms with E-state index in [1.807, 2.05) is 6.07 Å². The summed E-state index contributed by atoms with van der Waals surface area (Å²) in [6.07, 6.45) is 0.190. The molecule has 2 rings (SSSR count). The summed E-state index contributed by atoms with van der Waals surface area (Å²) in [5.74, 6) is 0.0927. The maximum Gasteiger partial charge on any atom is 0.202 e. The van der Waals surface area contributed by atoms with Crippen LogP contribution in [0, 0.1) is 0 Å². The van der Waals surface area contributed by atoms with Crippen LogP contribution in [-0.2, 0) is 6.42 Å². The van der Waals surface area contributed by atoms with Crippen LogP contribution in [0.25, 0.3) is 0 Å². The lowest BCUT2D eigenvalue weighted by molar-refractivity contribution is 0.0966. The average Bonchev–Trinajstić information content (AvgIpc) is 2.69. The van der Waals surface area contributed by atoms with Crippen LogP contribution in [0.3, 0.4) is 0 Å². The lowest BCUT2D eigenvalue weighted by Gasteiger charge is -2.02. The Morgan fingerprint density at radius 1 is 1.24 bits per heavy atom. The smallest absolute Gasteiger partial charge is 0.202 e. The predicted octanol–water partition coefficient (Wildman–Crippen LogP) is 4.77. The van der Waals surface area contributed by atoms with E-state index in [9.17, 15) is 4.79 Å². The van der Waals surface area contributed by atoms with Crippen molar-refractivity contribution in [3.05, 3.63) is 56.4 Å². The molecule has 0 saturated carbocycles. The molecule has 17 heavy (non-hydrogen) atoms. The topological polar surface area (TPSA) is 30.2 Å². The number of ketones is 1. The van der Waals surface area contributed by atoms with Crippen molar-refractivity contribution in [2.45, 2.75) is 6.42 Å². The van der Waals surface area contributed by atoms with Crippen molar-refractivity contribution in [1.29, 1.82) is 0 Å². The normalized spacial score (nSPS) is 10.5. The summed E-state index contributed by atoms with van der Waals surface area (Å²) >= 11 is 14.9. The van der Waals surface area contributed by atoms with Gasteiger partial charge in [0.2, 0.25) is 5.78 Å². The van der Waals surface area contributed by atoms with E-state index in [-0.39, 0.29) is 23.2 Å². The molecule has 0 aliphatic rings. The van der Waals surface area contributed by atoms with Gasteiger partial charge < -0.3 is 4.42 Å². The van der Waals surface area contributed by atoms with Crippen LogP contribution < -0.4 is 0 Å². The monoisotopic (exact) mass is 332 g/mol. The number of benzene rings is 1. The third-order valence-electron chi connectivity index (χ3n) is 2.21. The molecule has 2 aromatic rings.